The van der Waals surface area contributed by atoms with Crippen molar-refractivity contribution >= 4 is 5.78 Å². The van der Waals surface area contributed by atoms with Crippen molar-refractivity contribution < 1.29 is 4.79 Å². The molecule has 3 nitrogen and oxygen atoms in total. The molecule has 2 saturated heterocycles. The summed E-state index contributed by atoms with van der Waals surface area (Å²) in [6.45, 7) is 6.76. The normalized spacial score (nSPS) is 25.4. The van der Waals surface area contributed by atoms with Crippen LogP contribution in [0, 0.1) is 5.92 Å². The van der Waals surface area contributed by atoms with Gasteiger partial charge in [-0.3, -0.25) is 0 Å². The van der Waals surface area contributed by atoms with Gasteiger partial charge in [-0.1, -0.05) is 0 Å². The van der Waals surface area contributed by atoms with Gasteiger partial charge in [0.2, 0.25) is 0 Å². The van der Waals surface area contributed by atoms with Crippen LogP contribution < -0.4 is 0 Å². The average molecular weight is 252 g/mol. The summed E-state index contributed by atoms with van der Waals surface area (Å²) in [7, 11) is 2.23. The van der Waals surface area contributed by atoms with Crippen molar-refractivity contribution in [3.63, 3.8) is 0 Å². The molecule has 0 saturated carbocycles. The minimum Gasteiger partial charge on any atom is -0.306 e. The highest BCUT2D eigenvalue weighted by atomic mass is 16.1. The Morgan fingerprint density at radius 2 is 1.67 bits per heavy atom. The van der Waals surface area contributed by atoms with E-state index < -0.39 is 0 Å². The van der Waals surface area contributed by atoms with Crippen molar-refractivity contribution in [1.29, 1.82) is 0 Å². The molecule has 0 N–H and O–H groups in total. The van der Waals surface area contributed by atoms with E-state index in [1.165, 1.54) is 51.9 Å². The number of nitrogens with zero attached hydrogens (tertiary/aromatic N) is 2. The lowest BCUT2D eigenvalue weighted by Crippen LogP contribution is -2.46. The predicted octanol–water partition coefficient (Wildman–Crippen LogP) is 2.16. The summed E-state index contributed by atoms with van der Waals surface area (Å²) in [5.74, 6) is 1.16. The van der Waals surface area contributed by atoms with Crippen LogP contribution in [-0.4, -0.2) is 54.9 Å². The first-order chi connectivity index (χ1) is 8.65. The number of rotatable bonds is 4. The Labute approximate surface area is 112 Å². The summed E-state index contributed by atoms with van der Waals surface area (Å²) in [6.07, 6.45) is 7.21. The molecule has 0 aromatic heterocycles. The molecule has 3 heteroatoms. The lowest BCUT2D eigenvalue weighted by atomic mass is 9.89. The van der Waals surface area contributed by atoms with E-state index in [4.69, 9.17) is 0 Å². The van der Waals surface area contributed by atoms with Crippen molar-refractivity contribution in [2.75, 3.05) is 33.2 Å². The van der Waals surface area contributed by atoms with Crippen LogP contribution >= 0.6 is 0 Å². The maximum atomic E-state index is 11.0. The third-order valence-electron chi connectivity index (χ3n) is 4.76. The van der Waals surface area contributed by atoms with Gasteiger partial charge in [-0.15, -0.1) is 0 Å². The molecule has 0 amide bonds. The molecule has 0 atom stereocenters. The Bertz CT molecular complexity index is 264. The fourth-order valence-corrected chi connectivity index (χ4v) is 3.37. The van der Waals surface area contributed by atoms with Crippen molar-refractivity contribution in [2.24, 2.45) is 5.92 Å². The maximum absolute atomic E-state index is 11.0. The third-order valence-corrected chi connectivity index (χ3v) is 4.76. The lowest BCUT2D eigenvalue weighted by molar-refractivity contribution is -0.117. The van der Waals surface area contributed by atoms with Crippen LogP contribution in [-0.2, 0) is 4.79 Å². The molecule has 0 aromatic carbocycles. The molecular weight excluding hydrogens is 224 g/mol. The van der Waals surface area contributed by atoms with Crippen LogP contribution in [0.15, 0.2) is 0 Å². The number of likely N-dealkylation sites (tertiary alicyclic amines) is 2. The van der Waals surface area contributed by atoms with Crippen molar-refractivity contribution in [1.82, 2.24) is 9.80 Å². The van der Waals surface area contributed by atoms with Gasteiger partial charge >= 0.3 is 0 Å². The third kappa shape index (κ3) is 4.06. The van der Waals surface area contributed by atoms with E-state index in [1.807, 2.05) is 0 Å². The molecule has 0 unspecified atom stereocenters. The van der Waals surface area contributed by atoms with Gasteiger partial charge in [0, 0.05) is 12.5 Å². The zero-order chi connectivity index (χ0) is 13.0. The Balaban J connectivity index is 1.68. The summed E-state index contributed by atoms with van der Waals surface area (Å²) in [5.41, 5.74) is 0. The van der Waals surface area contributed by atoms with Crippen LogP contribution in [0.25, 0.3) is 0 Å². The zero-order valence-electron chi connectivity index (χ0n) is 12.0. The average Bonchev–Trinajstić information content (AvgIpc) is 2.38. The summed E-state index contributed by atoms with van der Waals surface area (Å²) >= 11 is 0. The lowest BCUT2D eigenvalue weighted by Gasteiger charge is -2.41. The van der Waals surface area contributed by atoms with Gasteiger partial charge < -0.3 is 14.6 Å². The molecule has 0 aromatic rings. The van der Waals surface area contributed by atoms with Crippen LogP contribution in [0.1, 0.15) is 45.4 Å². The topological polar surface area (TPSA) is 23.6 Å². The number of hydrogen-bond donors (Lipinski definition) is 0. The molecule has 0 radical (unpaired) electrons. The molecule has 0 bridgehead atoms. The smallest absolute Gasteiger partial charge is 0.129 e. The highest BCUT2D eigenvalue weighted by Crippen LogP contribution is 2.26. The van der Waals surface area contributed by atoms with Gasteiger partial charge in [0.05, 0.1) is 0 Å². The quantitative estimate of drug-likeness (QED) is 0.766. The summed E-state index contributed by atoms with van der Waals surface area (Å²) in [5, 5.41) is 0. The van der Waals surface area contributed by atoms with E-state index >= 15 is 0 Å². The molecule has 18 heavy (non-hydrogen) atoms. The number of carbonyl (C=O) groups is 1. The maximum Gasteiger partial charge on any atom is 0.129 e. The first kappa shape index (κ1) is 14.0. The fourth-order valence-electron chi connectivity index (χ4n) is 3.37. The van der Waals surface area contributed by atoms with E-state index in [2.05, 4.69) is 16.8 Å². The Hall–Kier alpha value is -0.410. The van der Waals surface area contributed by atoms with Gasteiger partial charge in [-0.25, -0.2) is 0 Å². The van der Waals surface area contributed by atoms with E-state index in [-0.39, 0.29) is 0 Å². The van der Waals surface area contributed by atoms with Gasteiger partial charge in [0.1, 0.15) is 5.78 Å². The largest absolute Gasteiger partial charge is 0.306 e. The zero-order valence-corrected chi connectivity index (χ0v) is 12.0. The van der Waals surface area contributed by atoms with Gasteiger partial charge in [0.25, 0.3) is 0 Å². The molecule has 2 rings (SSSR count). The molecule has 2 aliphatic rings. The second-order valence-corrected chi connectivity index (χ2v) is 6.25. The Kier molecular flexibility index (Phi) is 5.19. The number of ketones is 1. The van der Waals surface area contributed by atoms with E-state index in [0.717, 1.165) is 24.8 Å². The van der Waals surface area contributed by atoms with Gasteiger partial charge in [0.15, 0.2) is 0 Å². The monoisotopic (exact) mass is 252 g/mol. The van der Waals surface area contributed by atoms with Crippen molar-refractivity contribution in [2.45, 2.75) is 51.5 Å². The SMILES string of the molecule is CC(=O)CCC1CCN(C2CCN(C)CC2)CC1. The van der Waals surface area contributed by atoms with Crippen LogP contribution in [0.3, 0.4) is 0 Å². The minimum absolute atomic E-state index is 0.354. The van der Waals surface area contributed by atoms with Crippen LogP contribution in [0.5, 0.6) is 0 Å². The Morgan fingerprint density at radius 3 is 2.22 bits per heavy atom. The van der Waals surface area contributed by atoms with Crippen molar-refractivity contribution in [3.8, 4) is 0 Å². The standard InChI is InChI=1S/C15H28N2O/c1-13(18)3-4-14-5-11-17(12-6-14)15-7-9-16(2)10-8-15/h14-15H,3-12H2,1-2H3. The van der Waals surface area contributed by atoms with Gasteiger partial charge in [-0.05, 0) is 78.2 Å². The molecule has 104 valence electrons. The van der Waals surface area contributed by atoms with E-state index in [0.29, 0.717) is 5.78 Å². The minimum atomic E-state index is 0.354. The van der Waals surface area contributed by atoms with E-state index in [9.17, 15) is 4.79 Å². The molecular formula is C15H28N2O. The number of carbonyl (C=O) groups excluding carboxylic acids is 1. The van der Waals surface area contributed by atoms with Gasteiger partial charge in [-0.2, -0.15) is 0 Å². The number of hydrogen-bond acceptors (Lipinski definition) is 3. The molecule has 0 aliphatic carbocycles. The summed E-state index contributed by atoms with van der Waals surface area (Å²) in [4.78, 5) is 16.2. The summed E-state index contributed by atoms with van der Waals surface area (Å²) < 4.78 is 0. The van der Waals surface area contributed by atoms with E-state index in [1.54, 1.807) is 6.92 Å². The highest BCUT2D eigenvalue weighted by Gasteiger charge is 2.27. The molecule has 2 fully saturated rings. The molecule has 2 aliphatic heterocycles. The van der Waals surface area contributed by atoms with Crippen molar-refractivity contribution in [3.05, 3.63) is 0 Å². The number of piperidine rings is 2. The van der Waals surface area contributed by atoms with Crippen LogP contribution in [0.2, 0.25) is 0 Å². The first-order valence-corrected chi connectivity index (χ1v) is 7.57. The number of Topliss-reactive ketones (excluding diaryl/α,β-unsaturated/α-hetero) is 1. The van der Waals surface area contributed by atoms with Crippen LogP contribution in [0.4, 0.5) is 0 Å². The molecule has 2 heterocycles. The predicted molar refractivity (Wildman–Crippen MR) is 74.7 cm³/mol. The second kappa shape index (κ2) is 6.67. The molecule has 0 spiro atoms. The fraction of sp³-hybridized carbons (Fsp3) is 0.933. The first-order valence-electron chi connectivity index (χ1n) is 7.57. The second-order valence-electron chi connectivity index (χ2n) is 6.25. The summed E-state index contributed by atoms with van der Waals surface area (Å²) in [6, 6.07) is 0.829. The Morgan fingerprint density at radius 1 is 1.06 bits per heavy atom. The highest BCUT2D eigenvalue weighted by molar-refractivity contribution is 5.75.